The highest BCUT2D eigenvalue weighted by Crippen LogP contribution is 2.20. The molecule has 0 radical (unpaired) electrons. The van der Waals surface area contributed by atoms with Gasteiger partial charge in [0.25, 0.3) is 0 Å². The monoisotopic (exact) mass is 397 g/mol. The van der Waals surface area contributed by atoms with Gasteiger partial charge in [-0.05, 0) is 38.1 Å². The number of ether oxygens (including phenoxy) is 1. The zero-order chi connectivity index (χ0) is 20.2. The first-order valence-electron chi connectivity index (χ1n) is 9.59. The van der Waals surface area contributed by atoms with Crippen LogP contribution in [0.15, 0.2) is 45.7 Å². The third-order valence-electron chi connectivity index (χ3n) is 4.55. The van der Waals surface area contributed by atoms with Crippen molar-refractivity contribution in [1.82, 2.24) is 15.1 Å². The number of furan rings is 1. The number of carbonyl (C=O) groups is 1. The van der Waals surface area contributed by atoms with E-state index >= 15 is 0 Å². The van der Waals surface area contributed by atoms with E-state index in [1.165, 1.54) is 0 Å². The average molecular weight is 397 g/mol. The lowest BCUT2D eigenvalue weighted by molar-refractivity contribution is -0.116. The molecule has 0 aliphatic carbocycles. The molecule has 0 aromatic carbocycles. The van der Waals surface area contributed by atoms with E-state index in [0.29, 0.717) is 29.6 Å². The molecule has 0 saturated carbocycles. The number of anilines is 2. The van der Waals surface area contributed by atoms with Crippen molar-refractivity contribution < 1.29 is 18.5 Å². The Bertz CT molecular complexity index is 928. The molecule has 1 saturated heterocycles. The molecule has 1 aliphatic heterocycles. The number of nitrogens with zero attached hydrogens (tertiary/aromatic N) is 4. The van der Waals surface area contributed by atoms with E-state index in [1.807, 2.05) is 12.1 Å². The summed E-state index contributed by atoms with van der Waals surface area (Å²) in [6.45, 7) is 5.71. The molecule has 1 N–H and O–H groups in total. The van der Waals surface area contributed by atoms with Crippen molar-refractivity contribution in [2.75, 3.05) is 23.3 Å². The van der Waals surface area contributed by atoms with Crippen LogP contribution in [-0.2, 0) is 16.0 Å². The summed E-state index contributed by atoms with van der Waals surface area (Å²) in [6.07, 6.45) is 4.10. The topological polar surface area (TPSA) is 107 Å². The summed E-state index contributed by atoms with van der Waals surface area (Å²) in [5.41, 5.74) is 0.648. The van der Waals surface area contributed by atoms with Crippen LogP contribution >= 0.6 is 0 Å². The SMILES string of the molecule is CC1CN(c2ccc(NC(=O)CCc3nc(-c4ccco4)no3)cn2)CC(C)O1. The quantitative estimate of drug-likeness (QED) is 0.677. The number of aryl methyl sites for hydroxylation is 1. The number of rotatable bonds is 6. The average Bonchev–Trinajstić information content (AvgIpc) is 3.38. The van der Waals surface area contributed by atoms with Crippen LogP contribution in [0.3, 0.4) is 0 Å². The standard InChI is InChI=1S/C20H23N5O4/c1-13-11-25(12-14(2)28-13)17-6-5-15(10-21-17)22-18(26)7-8-19-23-20(24-29-19)16-4-3-9-27-16/h3-6,9-10,13-14H,7-8,11-12H2,1-2H3,(H,22,26). The molecular formula is C20H23N5O4. The molecule has 3 aromatic heterocycles. The van der Waals surface area contributed by atoms with Gasteiger partial charge in [0.05, 0.1) is 30.4 Å². The van der Waals surface area contributed by atoms with E-state index in [4.69, 9.17) is 13.7 Å². The minimum absolute atomic E-state index is 0.147. The van der Waals surface area contributed by atoms with E-state index < -0.39 is 0 Å². The summed E-state index contributed by atoms with van der Waals surface area (Å²) < 4.78 is 16.1. The molecule has 4 heterocycles. The predicted octanol–water partition coefficient (Wildman–Crippen LogP) is 2.91. The van der Waals surface area contributed by atoms with Gasteiger partial charge in [-0.3, -0.25) is 4.79 Å². The zero-order valence-electron chi connectivity index (χ0n) is 16.4. The van der Waals surface area contributed by atoms with Gasteiger partial charge in [-0.2, -0.15) is 4.98 Å². The van der Waals surface area contributed by atoms with Gasteiger partial charge in [0, 0.05) is 25.9 Å². The highest BCUT2D eigenvalue weighted by molar-refractivity contribution is 5.90. The summed E-state index contributed by atoms with van der Waals surface area (Å²) in [5, 5.41) is 6.69. The Kier molecular flexibility index (Phi) is 5.57. The van der Waals surface area contributed by atoms with Crippen LogP contribution in [0.1, 0.15) is 26.2 Å². The van der Waals surface area contributed by atoms with Gasteiger partial charge >= 0.3 is 0 Å². The third kappa shape index (κ3) is 4.80. The second-order valence-corrected chi connectivity index (χ2v) is 7.10. The summed E-state index contributed by atoms with van der Waals surface area (Å²) in [4.78, 5) is 23.1. The van der Waals surface area contributed by atoms with Gasteiger partial charge in [-0.15, -0.1) is 0 Å². The highest BCUT2D eigenvalue weighted by Gasteiger charge is 2.23. The van der Waals surface area contributed by atoms with E-state index in [1.54, 1.807) is 24.6 Å². The first kappa shape index (κ1) is 19.1. The van der Waals surface area contributed by atoms with E-state index in [-0.39, 0.29) is 24.5 Å². The maximum Gasteiger partial charge on any atom is 0.238 e. The Morgan fingerprint density at radius 2 is 2.07 bits per heavy atom. The second kappa shape index (κ2) is 8.44. The van der Waals surface area contributed by atoms with Crippen molar-refractivity contribution in [3.8, 4) is 11.6 Å². The Morgan fingerprint density at radius 3 is 2.76 bits per heavy atom. The zero-order valence-corrected chi connectivity index (χ0v) is 16.4. The molecule has 3 aromatic rings. The Hall–Kier alpha value is -3.20. The molecule has 1 amide bonds. The van der Waals surface area contributed by atoms with Crippen molar-refractivity contribution in [3.63, 3.8) is 0 Å². The Balaban J connectivity index is 1.28. The molecule has 1 fully saturated rings. The van der Waals surface area contributed by atoms with Gasteiger partial charge < -0.3 is 23.9 Å². The lowest BCUT2D eigenvalue weighted by Crippen LogP contribution is -2.45. The molecule has 4 rings (SSSR count). The molecule has 0 bridgehead atoms. The molecule has 1 aliphatic rings. The van der Waals surface area contributed by atoms with Gasteiger partial charge in [-0.1, -0.05) is 5.16 Å². The van der Waals surface area contributed by atoms with Gasteiger partial charge in [0.15, 0.2) is 5.76 Å². The van der Waals surface area contributed by atoms with Crippen LogP contribution < -0.4 is 10.2 Å². The molecule has 29 heavy (non-hydrogen) atoms. The van der Waals surface area contributed by atoms with Crippen LogP contribution in [0.5, 0.6) is 0 Å². The van der Waals surface area contributed by atoms with E-state index in [2.05, 4.69) is 39.2 Å². The number of carbonyl (C=O) groups excluding carboxylic acids is 1. The normalized spacial score (nSPS) is 19.3. The van der Waals surface area contributed by atoms with Crippen molar-refractivity contribution in [2.45, 2.75) is 38.9 Å². The van der Waals surface area contributed by atoms with Crippen LogP contribution in [0.25, 0.3) is 11.6 Å². The summed E-state index contributed by atoms with van der Waals surface area (Å²) >= 11 is 0. The highest BCUT2D eigenvalue weighted by atomic mass is 16.5. The maximum absolute atomic E-state index is 12.2. The minimum Gasteiger partial charge on any atom is -0.461 e. The van der Waals surface area contributed by atoms with Gasteiger partial charge in [0.2, 0.25) is 17.6 Å². The number of morpholine rings is 1. The van der Waals surface area contributed by atoms with Gasteiger partial charge in [-0.25, -0.2) is 4.98 Å². The number of hydrogen-bond acceptors (Lipinski definition) is 8. The van der Waals surface area contributed by atoms with Crippen molar-refractivity contribution in [2.24, 2.45) is 0 Å². The molecule has 9 nitrogen and oxygen atoms in total. The number of hydrogen-bond donors (Lipinski definition) is 1. The summed E-state index contributed by atoms with van der Waals surface area (Å²) in [5.74, 6) is 2.01. The lowest BCUT2D eigenvalue weighted by atomic mass is 10.2. The minimum atomic E-state index is -0.147. The molecule has 0 spiro atoms. The fraction of sp³-hybridized carbons (Fsp3) is 0.400. The fourth-order valence-corrected chi connectivity index (χ4v) is 3.32. The van der Waals surface area contributed by atoms with Crippen LogP contribution in [0.4, 0.5) is 11.5 Å². The number of aromatic nitrogens is 3. The molecule has 9 heteroatoms. The van der Waals surface area contributed by atoms with E-state index in [0.717, 1.165) is 18.9 Å². The summed E-state index contributed by atoms with van der Waals surface area (Å²) in [7, 11) is 0. The third-order valence-corrected chi connectivity index (χ3v) is 4.55. The number of amides is 1. The fourth-order valence-electron chi connectivity index (χ4n) is 3.32. The van der Waals surface area contributed by atoms with Crippen LogP contribution in [-0.4, -0.2) is 46.3 Å². The predicted molar refractivity (Wildman–Crippen MR) is 105 cm³/mol. The lowest BCUT2D eigenvalue weighted by Gasteiger charge is -2.36. The molecule has 2 unspecified atom stereocenters. The molecule has 152 valence electrons. The van der Waals surface area contributed by atoms with Crippen molar-refractivity contribution >= 4 is 17.4 Å². The maximum atomic E-state index is 12.2. The molecule has 2 atom stereocenters. The van der Waals surface area contributed by atoms with Crippen molar-refractivity contribution in [3.05, 3.63) is 42.6 Å². The summed E-state index contributed by atoms with van der Waals surface area (Å²) in [6, 6.07) is 7.26. The largest absolute Gasteiger partial charge is 0.461 e. The first-order chi connectivity index (χ1) is 14.1. The van der Waals surface area contributed by atoms with Crippen LogP contribution in [0, 0.1) is 0 Å². The Labute approximate surface area is 168 Å². The van der Waals surface area contributed by atoms with Crippen molar-refractivity contribution in [1.29, 1.82) is 0 Å². The van der Waals surface area contributed by atoms with Crippen LogP contribution in [0.2, 0.25) is 0 Å². The van der Waals surface area contributed by atoms with E-state index in [9.17, 15) is 4.79 Å². The van der Waals surface area contributed by atoms with Gasteiger partial charge in [0.1, 0.15) is 5.82 Å². The molecular weight excluding hydrogens is 374 g/mol. The smallest absolute Gasteiger partial charge is 0.238 e. The number of pyridine rings is 1. The first-order valence-corrected chi connectivity index (χ1v) is 9.59. The number of nitrogens with one attached hydrogen (secondary N) is 1. The second-order valence-electron chi connectivity index (χ2n) is 7.10. The Morgan fingerprint density at radius 1 is 1.24 bits per heavy atom.